The summed E-state index contributed by atoms with van der Waals surface area (Å²) in [5.41, 5.74) is -0.676. The maximum absolute atomic E-state index is 12.4. The van der Waals surface area contributed by atoms with E-state index >= 15 is 0 Å². The Morgan fingerprint density at radius 3 is 2.11 bits per heavy atom. The molecule has 19 heavy (non-hydrogen) atoms. The molecule has 1 aromatic rings. The van der Waals surface area contributed by atoms with Crippen LogP contribution < -0.4 is 4.74 Å². The van der Waals surface area contributed by atoms with Crippen molar-refractivity contribution >= 4 is 6.29 Å². The van der Waals surface area contributed by atoms with Gasteiger partial charge >= 0.3 is 6.18 Å². The molecule has 1 fully saturated rings. The van der Waals surface area contributed by atoms with E-state index < -0.39 is 11.7 Å². The fourth-order valence-corrected chi connectivity index (χ4v) is 2.26. The van der Waals surface area contributed by atoms with Crippen LogP contribution in [-0.4, -0.2) is 12.4 Å². The molecule has 1 aromatic carbocycles. The first kappa shape index (κ1) is 13.9. The van der Waals surface area contributed by atoms with Crippen molar-refractivity contribution in [2.75, 3.05) is 0 Å². The predicted octanol–water partition coefficient (Wildman–Crippen LogP) is 3.84. The second-order valence-corrected chi connectivity index (χ2v) is 4.81. The Balaban J connectivity index is 1.92. The lowest BCUT2D eigenvalue weighted by Gasteiger charge is -2.26. The minimum absolute atomic E-state index is 0.00654. The molecular weight excluding hydrogens is 257 g/mol. The zero-order chi connectivity index (χ0) is 13.9. The van der Waals surface area contributed by atoms with Gasteiger partial charge in [-0.25, -0.2) is 0 Å². The molecule has 0 unspecified atom stereocenters. The van der Waals surface area contributed by atoms with Crippen molar-refractivity contribution in [2.24, 2.45) is 5.92 Å². The van der Waals surface area contributed by atoms with Gasteiger partial charge in [0, 0.05) is 5.92 Å². The zero-order valence-electron chi connectivity index (χ0n) is 10.3. The fourth-order valence-electron chi connectivity index (χ4n) is 2.26. The molecule has 1 aliphatic rings. The van der Waals surface area contributed by atoms with E-state index in [1.54, 1.807) is 0 Å². The summed E-state index contributed by atoms with van der Waals surface area (Å²) in [6, 6.07) is 4.72. The van der Waals surface area contributed by atoms with Gasteiger partial charge in [-0.1, -0.05) is 0 Å². The summed E-state index contributed by atoms with van der Waals surface area (Å²) >= 11 is 0. The maximum Gasteiger partial charge on any atom is 0.416 e. The van der Waals surface area contributed by atoms with Crippen LogP contribution in [0.1, 0.15) is 31.2 Å². The average Bonchev–Trinajstić information content (AvgIpc) is 2.39. The number of aldehydes is 1. The highest BCUT2D eigenvalue weighted by Gasteiger charge is 2.30. The molecule has 0 aliphatic heterocycles. The summed E-state index contributed by atoms with van der Waals surface area (Å²) < 4.78 is 42.8. The molecule has 0 atom stereocenters. The van der Waals surface area contributed by atoms with Crippen LogP contribution in [0.2, 0.25) is 0 Å². The molecule has 2 nitrogen and oxygen atoms in total. The predicted molar refractivity (Wildman–Crippen MR) is 63.9 cm³/mol. The molecule has 5 heteroatoms. The van der Waals surface area contributed by atoms with Crippen molar-refractivity contribution in [3.05, 3.63) is 29.8 Å². The molecule has 0 spiro atoms. The third kappa shape index (κ3) is 3.72. The van der Waals surface area contributed by atoms with Crippen LogP contribution in [0.25, 0.3) is 0 Å². The van der Waals surface area contributed by atoms with E-state index in [4.69, 9.17) is 4.74 Å². The summed E-state index contributed by atoms with van der Waals surface area (Å²) in [5.74, 6) is 0.551. The lowest BCUT2D eigenvalue weighted by atomic mass is 9.88. The SMILES string of the molecule is O=CC1CCC(Oc2ccc(C(F)(F)F)cc2)CC1. The maximum atomic E-state index is 12.4. The molecule has 1 aliphatic carbocycles. The van der Waals surface area contributed by atoms with Gasteiger partial charge < -0.3 is 9.53 Å². The van der Waals surface area contributed by atoms with Crippen molar-refractivity contribution in [1.82, 2.24) is 0 Å². The largest absolute Gasteiger partial charge is 0.490 e. The molecular formula is C14H15F3O2. The van der Waals surface area contributed by atoms with E-state index in [1.807, 2.05) is 0 Å². The molecule has 1 saturated carbocycles. The van der Waals surface area contributed by atoms with E-state index in [0.29, 0.717) is 5.75 Å². The van der Waals surface area contributed by atoms with Crippen molar-refractivity contribution in [3.8, 4) is 5.75 Å². The van der Waals surface area contributed by atoms with Crippen LogP contribution in [0.5, 0.6) is 5.75 Å². The third-order valence-corrected chi connectivity index (χ3v) is 3.40. The number of alkyl halides is 3. The van der Waals surface area contributed by atoms with Crippen molar-refractivity contribution in [1.29, 1.82) is 0 Å². The normalized spacial score (nSPS) is 23.9. The molecule has 0 bridgehead atoms. The summed E-state index contributed by atoms with van der Waals surface area (Å²) in [6.07, 6.45) is -0.249. The highest BCUT2D eigenvalue weighted by Crippen LogP contribution is 2.31. The van der Waals surface area contributed by atoms with Crippen LogP contribution in [0.4, 0.5) is 13.2 Å². The number of benzene rings is 1. The second-order valence-electron chi connectivity index (χ2n) is 4.81. The first-order valence-corrected chi connectivity index (χ1v) is 6.28. The van der Waals surface area contributed by atoms with Crippen LogP contribution >= 0.6 is 0 Å². The summed E-state index contributed by atoms with van der Waals surface area (Å²) in [4.78, 5) is 10.6. The topological polar surface area (TPSA) is 26.3 Å². The van der Waals surface area contributed by atoms with Gasteiger partial charge in [-0.05, 0) is 49.9 Å². The number of hydrogen-bond acceptors (Lipinski definition) is 2. The average molecular weight is 272 g/mol. The molecule has 0 heterocycles. The van der Waals surface area contributed by atoms with Crippen molar-refractivity contribution in [3.63, 3.8) is 0 Å². The Hall–Kier alpha value is -1.52. The molecule has 0 N–H and O–H groups in total. The Kier molecular flexibility index (Phi) is 4.12. The van der Waals surface area contributed by atoms with E-state index in [-0.39, 0.29) is 12.0 Å². The number of hydrogen-bond donors (Lipinski definition) is 0. The van der Waals surface area contributed by atoms with Gasteiger partial charge in [0.2, 0.25) is 0 Å². The molecule has 0 amide bonds. The lowest BCUT2D eigenvalue weighted by molar-refractivity contribution is -0.137. The quantitative estimate of drug-likeness (QED) is 0.781. The Labute approximate surface area is 109 Å². The molecule has 0 aromatic heterocycles. The Morgan fingerprint density at radius 2 is 1.63 bits per heavy atom. The highest BCUT2D eigenvalue weighted by molar-refractivity contribution is 5.53. The second kappa shape index (κ2) is 5.63. The van der Waals surface area contributed by atoms with Gasteiger partial charge in [-0.3, -0.25) is 0 Å². The van der Waals surface area contributed by atoms with E-state index in [1.165, 1.54) is 12.1 Å². The fraction of sp³-hybridized carbons (Fsp3) is 0.500. The van der Waals surface area contributed by atoms with Gasteiger partial charge in [-0.15, -0.1) is 0 Å². The van der Waals surface area contributed by atoms with Crippen LogP contribution in [0, 0.1) is 5.92 Å². The first-order chi connectivity index (χ1) is 8.99. The van der Waals surface area contributed by atoms with Gasteiger partial charge in [0.15, 0.2) is 0 Å². The van der Waals surface area contributed by atoms with Crippen LogP contribution in [-0.2, 0) is 11.0 Å². The zero-order valence-corrected chi connectivity index (χ0v) is 10.3. The Bertz CT molecular complexity index is 417. The number of carbonyl (C=O) groups excluding carboxylic acids is 1. The molecule has 0 radical (unpaired) electrons. The lowest BCUT2D eigenvalue weighted by Crippen LogP contribution is -2.24. The van der Waals surface area contributed by atoms with Gasteiger partial charge in [0.05, 0.1) is 11.7 Å². The number of carbonyl (C=O) groups is 1. The van der Waals surface area contributed by atoms with Gasteiger partial charge in [0.25, 0.3) is 0 Å². The molecule has 104 valence electrons. The van der Waals surface area contributed by atoms with E-state index in [9.17, 15) is 18.0 Å². The van der Waals surface area contributed by atoms with Crippen molar-refractivity contribution in [2.45, 2.75) is 38.0 Å². The summed E-state index contributed by atoms with van der Waals surface area (Å²) in [7, 11) is 0. The van der Waals surface area contributed by atoms with E-state index in [2.05, 4.69) is 0 Å². The summed E-state index contributed by atoms with van der Waals surface area (Å²) in [5, 5.41) is 0. The van der Waals surface area contributed by atoms with Gasteiger partial charge in [0.1, 0.15) is 12.0 Å². The summed E-state index contributed by atoms with van der Waals surface area (Å²) in [6.45, 7) is 0. The van der Waals surface area contributed by atoms with Gasteiger partial charge in [-0.2, -0.15) is 13.2 Å². The van der Waals surface area contributed by atoms with Crippen LogP contribution in [0.15, 0.2) is 24.3 Å². The minimum atomic E-state index is -4.32. The molecule has 2 rings (SSSR count). The highest BCUT2D eigenvalue weighted by atomic mass is 19.4. The Morgan fingerprint density at radius 1 is 1.05 bits per heavy atom. The molecule has 0 saturated heterocycles. The minimum Gasteiger partial charge on any atom is -0.490 e. The number of halogens is 3. The number of ether oxygens (including phenoxy) is 1. The van der Waals surface area contributed by atoms with E-state index in [0.717, 1.165) is 44.1 Å². The third-order valence-electron chi connectivity index (χ3n) is 3.40. The van der Waals surface area contributed by atoms with Crippen molar-refractivity contribution < 1.29 is 22.7 Å². The first-order valence-electron chi connectivity index (χ1n) is 6.28. The smallest absolute Gasteiger partial charge is 0.416 e. The standard InChI is InChI=1S/C14H15F3O2/c15-14(16,17)11-3-7-13(8-4-11)19-12-5-1-10(9-18)2-6-12/h3-4,7-10,12H,1-2,5-6H2. The number of rotatable bonds is 3. The monoisotopic (exact) mass is 272 g/mol. The van der Waals surface area contributed by atoms with Crippen LogP contribution in [0.3, 0.4) is 0 Å².